The van der Waals surface area contributed by atoms with Crippen molar-refractivity contribution in [2.24, 2.45) is 5.92 Å². The Balaban J connectivity index is 1.52. The van der Waals surface area contributed by atoms with Crippen LogP contribution in [0.2, 0.25) is 0 Å². The number of hydrogen-bond acceptors (Lipinski definition) is 2. The van der Waals surface area contributed by atoms with Gasteiger partial charge in [0.2, 0.25) is 0 Å². The fraction of sp³-hybridized carbons (Fsp3) is 0.292. The quantitative estimate of drug-likeness (QED) is 0.705. The number of hydrogen-bond donors (Lipinski definition) is 0. The van der Waals surface area contributed by atoms with Crippen LogP contribution in [-0.4, -0.2) is 22.6 Å². The van der Waals surface area contributed by atoms with E-state index < -0.39 is 0 Å². The number of rotatable bonds is 3. The van der Waals surface area contributed by atoms with Gasteiger partial charge in [-0.15, -0.1) is 0 Å². The third-order valence-corrected chi connectivity index (χ3v) is 6.00. The molecule has 1 saturated heterocycles. The van der Waals surface area contributed by atoms with E-state index in [9.17, 15) is 4.79 Å². The average molecular weight is 356 g/mol. The minimum absolute atomic E-state index is 0.149. The lowest BCUT2D eigenvalue weighted by Gasteiger charge is -2.43. The van der Waals surface area contributed by atoms with Gasteiger partial charge in [0.1, 0.15) is 0 Å². The zero-order chi connectivity index (χ0) is 18.2. The van der Waals surface area contributed by atoms with Crippen LogP contribution in [0.4, 0.5) is 0 Å². The molecule has 0 saturated carbocycles. The van der Waals surface area contributed by atoms with E-state index in [1.54, 1.807) is 6.07 Å². The number of piperidine rings is 1. The van der Waals surface area contributed by atoms with Gasteiger partial charge in [0.15, 0.2) is 0 Å². The van der Waals surface area contributed by atoms with E-state index in [-0.39, 0.29) is 5.56 Å². The van der Waals surface area contributed by atoms with E-state index in [1.807, 2.05) is 12.1 Å². The van der Waals surface area contributed by atoms with Crippen molar-refractivity contribution in [1.29, 1.82) is 0 Å². The SMILES string of the molecule is O=c1ccc(-c2ccccc2)c2n1C[C@@H]1C[C@@H]2CN(Cc2ccccc2)C1. The van der Waals surface area contributed by atoms with E-state index in [1.165, 1.54) is 28.8 Å². The van der Waals surface area contributed by atoms with Crippen LogP contribution in [0, 0.1) is 5.92 Å². The molecule has 1 fully saturated rings. The molecule has 1 aromatic heterocycles. The van der Waals surface area contributed by atoms with Crippen LogP contribution < -0.4 is 5.56 Å². The molecule has 3 heterocycles. The lowest BCUT2D eigenvalue weighted by atomic mass is 9.80. The molecule has 3 nitrogen and oxygen atoms in total. The summed E-state index contributed by atoms with van der Waals surface area (Å²) in [5.74, 6) is 0.981. The number of aromatic nitrogens is 1. The first kappa shape index (κ1) is 16.5. The minimum atomic E-state index is 0.149. The van der Waals surface area contributed by atoms with Crippen LogP contribution >= 0.6 is 0 Å². The smallest absolute Gasteiger partial charge is 0.250 e. The van der Waals surface area contributed by atoms with Gasteiger partial charge in [-0.3, -0.25) is 9.69 Å². The zero-order valence-electron chi connectivity index (χ0n) is 15.4. The third-order valence-electron chi connectivity index (χ3n) is 6.00. The van der Waals surface area contributed by atoms with Crippen LogP contribution in [0.1, 0.15) is 23.6 Å². The number of benzene rings is 2. The Labute approximate surface area is 159 Å². The molecule has 0 amide bonds. The van der Waals surface area contributed by atoms with Gasteiger partial charge in [-0.1, -0.05) is 60.7 Å². The summed E-state index contributed by atoms with van der Waals surface area (Å²) < 4.78 is 2.06. The molecule has 0 N–H and O–H groups in total. The second kappa shape index (κ2) is 6.82. The molecule has 27 heavy (non-hydrogen) atoms. The first-order valence-electron chi connectivity index (χ1n) is 9.83. The summed E-state index contributed by atoms with van der Waals surface area (Å²) in [7, 11) is 0. The molecule has 0 aliphatic carbocycles. The number of nitrogens with zero attached hydrogens (tertiary/aromatic N) is 2. The molecule has 0 radical (unpaired) electrons. The van der Waals surface area contributed by atoms with Crippen LogP contribution in [0.5, 0.6) is 0 Å². The largest absolute Gasteiger partial charge is 0.311 e. The van der Waals surface area contributed by atoms with Gasteiger partial charge in [0.05, 0.1) is 0 Å². The summed E-state index contributed by atoms with van der Waals surface area (Å²) >= 11 is 0. The van der Waals surface area contributed by atoms with Crippen LogP contribution in [0.15, 0.2) is 77.6 Å². The Morgan fingerprint density at radius 1 is 0.815 bits per heavy atom. The van der Waals surface area contributed by atoms with Crippen molar-refractivity contribution in [2.45, 2.75) is 25.4 Å². The maximum atomic E-state index is 12.6. The van der Waals surface area contributed by atoms with Gasteiger partial charge < -0.3 is 4.57 Å². The molecule has 2 atom stereocenters. The van der Waals surface area contributed by atoms with Crippen molar-refractivity contribution < 1.29 is 0 Å². The van der Waals surface area contributed by atoms with Crippen LogP contribution in [-0.2, 0) is 13.1 Å². The Morgan fingerprint density at radius 2 is 1.56 bits per heavy atom. The summed E-state index contributed by atoms with van der Waals surface area (Å²) in [6.45, 7) is 3.93. The highest BCUT2D eigenvalue weighted by atomic mass is 16.1. The molecule has 0 spiro atoms. The zero-order valence-corrected chi connectivity index (χ0v) is 15.4. The molecule has 3 heteroatoms. The maximum absolute atomic E-state index is 12.6. The number of pyridine rings is 1. The lowest BCUT2D eigenvalue weighted by molar-refractivity contribution is 0.115. The monoisotopic (exact) mass is 356 g/mol. The van der Waals surface area contributed by atoms with Gasteiger partial charge >= 0.3 is 0 Å². The van der Waals surface area contributed by atoms with E-state index in [0.717, 1.165) is 26.2 Å². The normalized spacial score (nSPS) is 21.6. The minimum Gasteiger partial charge on any atom is -0.311 e. The summed E-state index contributed by atoms with van der Waals surface area (Å²) in [5.41, 5.74) is 5.19. The first-order chi connectivity index (χ1) is 13.3. The fourth-order valence-electron chi connectivity index (χ4n) is 4.95. The van der Waals surface area contributed by atoms with Gasteiger partial charge in [0.25, 0.3) is 5.56 Å². The van der Waals surface area contributed by atoms with Crippen molar-refractivity contribution in [1.82, 2.24) is 9.47 Å². The van der Waals surface area contributed by atoms with Gasteiger partial charge in [-0.2, -0.15) is 0 Å². The molecule has 5 rings (SSSR count). The molecule has 2 aliphatic rings. The maximum Gasteiger partial charge on any atom is 0.250 e. The molecule has 3 aromatic rings. The first-order valence-corrected chi connectivity index (χ1v) is 9.83. The van der Waals surface area contributed by atoms with Crippen LogP contribution in [0.3, 0.4) is 0 Å². The average Bonchev–Trinajstić information content (AvgIpc) is 2.70. The van der Waals surface area contributed by atoms with E-state index >= 15 is 0 Å². The summed E-state index contributed by atoms with van der Waals surface area (Å²) in [6.07, 6.45) is 1.19. The van der Waals surface area contributed by atoms with Gasteiger partial charge in [-0.05, 0) is 29.5 Å². The van der Waals surface area contributed by atoms with Crippen molar-refractivity contribution >= 4 is 0 Å². The Hall–Kier alpha value is -2.65. The van der Waals surface area contributed by atoms with Gasteiger partial charge in [0, 0.05) is 49.4 Å². The fourth-order valence-corrected chi connectivity index (χ4v) is 4.95. The molecule has 2 aromatic carbocycles. The Bertz CT molecular complexity index is 994. The van der Waals surface area contributed by atoms with Gasteiger partial charge in [-0.25, -0.2) is 0 Å². The van der Waals surface area contributed by atoms with E-state index in [4.69, 9.17) is 0 Å². The summed E-state index contributed by atoms with van der Waals surface area (Å²) in [6, 6.07) is 25.0. The topological polar surface area (TPSA) is 25.2 Å². The summed E-state index contributed by atoms with van der Waals surface area (Å²) in [4.78, 5) is 15.2. The highest BCUT2D eigenvalue weighted by Gasteiger charge is 2.36. The van der Waals surface area contributed by atoms with Crippen molar-refractivity contribution in [2.75, 3.05) is 13.1 Å². The Morgan fingerprint density at radius 3 is 2.33 bits per heavy atom. The van der Waals surface area contributed by atoms with E-state index in [0.29, 0.717) is 11.8 Å². The van der Waals surface area contributed by atoms with Crippen molar-refractivity contribution in [3.63, 3.8) is 0 Å². The van der Waals surface area contributed by atoms with E-state index in [2.05, 4.69) is 64.1 Å². The molecule has 2 aliphatic heterocycles. The molecule has 2 bridgehead atoms. The third kappa shape index (κ3) is 3.13. The number of likely N-dealkylation sites (tertiary alicyclic amines) is 1. The lowest BCUT2D eigenvalue weighted by Crippen LogP contribution is -2.47. The van der Waals surface area contributed by atoms with Crippen molar-refractivity contribution in [3.8, 4) is 11.1 Å². The number of fused-ring (bicyclic) bond motifs is 4. The highest BCUT2D eigenvalue weighted by Crippen LogP contribution is 2.40. The Kier molecular flexibility index (Phi) is 4.17. The molecular formula is C24H24N2O. The standard InChI is InChI=1S/C24H24N2O/c27-23-12-11-22(20-9-5-2-6-10-20)24-21-13-19(16-26(23)24)15-25(17-21)14-18-7-3-1-4-8-18/h1-12,19,21H,13-17H2/t19-,21-/m1/s1. The predicted molar refractivity (Wildman–Crippen MR) is 109 cm³/mol. The molecule has 0 unspecified atom stereocenters. The summed E-state index contributed by atoms with van der Waals surface area (Å²) in [5, 5.41) is 0. The van der Waals surface area contributed by atoms with Crippen LogP contribution in [0.25, 0.3) is 11.1 Å². The van der Waals surface area contributed by atoms with Crippen molar-refractivity contribution in [3.05, 3.63) is 94.4 Å². The molecule has 136 valence electrons. The molecular weight excluding hydrogens is 332 g/mol. The predicted octanol–water partition coefficient (Wildman–Crippen LogP) is 4.13. The second-order valence-electron chi connectivity index (χ2n) is 7.93. The highest BCUT2D eigenvalue weighted by molar-refractivity contribution is 5.66. The second-order valence-corrected chi connectivity index (χ2v) is 7.93.